The van der Waals surface area contributed by atoms with E-state index in [2.05, 4.69) is 11.3 Å². The zero-order valence-corrected chi connectivity index (χ0v) is 8.86. The van der Waals surface area contributed by atoms with Gasteiger partial charge >= 0.3 is 5.97 Å². The Hall–Kier alpha value is -2.17. The maximum Gasteiger partial charge on any atom is 0.345 e. The summed E-state index contributed by atoms with van der Waals surface area (Å²) in [4.78, 5) is 11.3. The first-order valence-electron chi connectivity index (χ1n) is 4.55. The van der Waals surface area contributed by atoms with E-state index in [0.717, 1.165) is 7.11 Å². The number of anilines is 1. The highest BCUT2D eigenvalue weighted by atomic mass is 16.5. The largest absolute Gasteiger partial charge is 0.507 e. The SMILES string of the molecule is C=CCc1c(N)cc(O)c(C(=O)OC)c1O. The molecule has 0 spiro atoms. The molecular weight excluding hydrogens is 210 g/mol. The lowest BCUT2D eigenvalue weighted by molar-refractivity contribution is 0.0594. The molecule has 4 N–H and O–H groups in total. The van der Waals surface area contributed by atoms with E-state index in [1.165, 1.54) is 12.1 Å². The third-order valence-electron chi connectivity index (χ3n) is 2.16. The topological polar surface area (TPSA) is 92.8 Å². The number of rotatable bonds is 3. The molecule has 5 nitrogen and oxygen atoms in total. The second kappa shape index (κ2) is 4.57. The van der Waals surface area contributed by atoms with Crippen molar-refractivity contribution in [3.8, 4) is 11.5 Å². The van der Waals surface area contributed by atoms with Gasteiger partial charge in [-0.1, -0.05) is 6.08 Å². The van der Waals surface area contributed by atoms with Crippen molar-refractivity contribution in [2.75, 3.05) is 12.8 Å². The Morgan fingerprint density at radius 3 is 2.75 bits per heavy atom. The van der Waals surface area contributed by atoms with Crippen molar-refractivity contribution in [1.82, 2.24) is 0 Å². The van der Waals surface area contributed by atoms with E-state index in [1.807, 2.05) is 0 Å². The van der Waals surface area contributed by atoms with Crippen molar-refractivity contribution < 1.29 is 19.7 Å². The van der Waals surface area contributed by atoms with Gasteiger partial charge in [0.25, 0.3) is 0 Å². The van der Waals surface area contributed by atoms with E-state index >= 15 is 0 Å². The number of hydrogen-bond donors (Lipinski definition) is 3. The average molecular weight is 223 g/mol. The van der Waals surface area contributed by atoms with Gasteiger partial charge in [-0.15, -0.1) is 6.58 Å². The smallest absolute Gasteiger partial charge is 0.345 e. The number of aromatic hydroxyl groups is 2. The molecule has 0 saturated carbocycles. The molecule has 0 unspecified atom stereocenters. The minimum Gasteiger partial charge on any atom is -0.507 e. The summed E-state index contributed by atoms with van der Waals surface area (Å²) in [6.45, 7) is 3.51. The third kappa shape index (κ3) is 1.93. The molecule has 0 atom stereocenters. The van der Waals surface area contributed by atoms with E-state index in [-0.39, 0.29) is 17.0 Å². The first kappa shape index (κ1) is 11.9. The summed E-state index contributed by atoms with van der Waals surface area (Å²) in [6, 6.07) is 1.20. The lowest BCUT2D eigenvalue weighted by Gasteiger charge is -2.11. The molecule has 0 saturated heterocycles. The van der Waals surface area contributed by atoms with Crippen LogP contribution in [0.3, 0.4) is 0 Å². The number of phenols is 2. The van der Waals surface area contributed by atoms with Gasteiger partial charge in [-0.25, -0.2) is 4.79 Å². The van der Waals surface area contributed by atoms with Gasteiger partial charge in [-0.05, 0) is 6.42 Å². The van der Waals surface area contributed by atoms with Crippen LogP contribution in [0.15, 0.2) is 18.7 Å². The van der Waals surface area contributed by atoms with Crippen LogP contribution in [0.1, 0.15) is 15.9 Å². The lowest BCUT2D eigenvalue weighted by Crippen LogP contribution is -2.05. The second-order valence-corrected chi connectivity index (χ2v) is 3.17. The van der Waals surface area contributed by atoms with Gasteiger partial charge in [0, 0.05) is 17.3 Å². The molecule has 86 valence electrons. The summed E-state index contributed by atoms with van der Waals surface area (Å²) in [6.07, 6.45) is 1.82. The van der Waals surface area contributed by atoms with Crippen LogP contribution < -0.4 is 5.73 Å². The number of benzene rings is 1. The van der Waals surface area contributed by atoms with Crippen molar-refractivity contribution >= 4 is 11.7 Å². The summed E-state index contributed by atoms with van der Waals surface area (Å²) < 4.78 is 4.45. The highest BCUT2D eigenvalue weighted by Crippen LogP contribution is 2.36. The van der Waals surface area contributed by atoms with Crippen LogP contribution >= 0.6 is 0 Å². The monoisotopic (exact) mass is 223 g/mol. The Labute approximate surface area is 92.8 Å². The second-order valence-electron chi connectivity index (χ2n) is 3.17. The third-order valence-corrected chi connectivity index (χ3v) is 2.16. The molecule has 0 radical (unpaired) electrons. The number of ether oxygens (including phenoxy) is 1. The standard InChI is InChI=1S/C11H13NO4/c1-3-4-6-7(12)5-8(13)9(10(6)14)11(15)16-2/h3,5,13-14H,1,4,12H2,2H3. The van der Waals surface area contributed by atoms with Crippen LogP contribution in [0.2, 0.25) is 0 Å². The Balaban J connectivity index is 3.44. The number of esters is 1. The molecule has 0 aliphatic carbocycles. The molecule has 1 rings (SSSR count). The zero-order chi connectivity index (χ0) is 12.3. The number of carbonyl (C=O) groups excluding carboxylic acids is 1. The maximum atomic E-state index is 11.3. The number of hydrogen-bond acceptors (Lipinski definition) is 5. The Kier molecular flexibility index (Phi) is 3.40. The molecule has 5 heteroatoms. The highest BCUT2D eigenvalue weighted by molar-refractivity contribution is 5.97. The van der Waals surface area contributed by atoms with Crippen LogP contribution in [-0.4, -0.2) is 23.3 Å². The predicted octanol–water partition coefficient (Wildman–Crippen LogP) is 1.20. The fourth-order valence-corrected chi connectivity index (χ4v) is 1.38. The first-order valence-corrected chi connectivity index (χ1v) is 4.55. The van der Waals surface area contributed by atoms with Crippen molar-refractivity contribution in [3.63, 3.8) is 0 Å². The zero-order valence-electron chi connectivity index (χ0n) is 8.86. The van der Waals surface area contributed by atoms with Gasteiger partial charge in [-0.2, -0.15) is 0 Å². The van der Waals surface area contributed by atoms with Crippen molar-refractivity contribution in [3.05, 3.63) is 29.8 Å². The molecule has 16 heavy (non-hydrogen) atoms. The van der Waals surface area contributed by atoms with Gasteiger partial charge in [0.05, 0.1) is 7.11 Å². The Morgan fingerprint density at radius 2 is 2.25 bits per heavy atom. The molecule has 0 aliphatic heterocycles. The lowest BCUT2D eigenvalue weighted by atomic mass is 10.0. The number of nitrogen functional groups attached to an aromatic ring is 1. The quantitative estimate of drug-likeness (QED) is 0.406. The maximum absolute atomic E-state index is 11.3. The van der Waals surface area contributed by atoms with E-state index in [9.17, 15) is 15.0 Å². The minimum absolute atomic E-state index is 0.197. The van der Waals surface area contributed by atoms with Crippen LogP contribution in [0, 0.1) is 0 Å². The molecular formula is C11H13NO4. The summed E-state index contributed by atoms with van der Waals surface area (Å²) in [5.74, 6) is -1.60. The van der Waals surface area contributed by atoms with Gasteiger partial charge < -0.3 is 20.7 Å². The molecule has 0 aliphatic rings. The molecule has 0 aromatic heterocycles. The number of carbonyl (C=O) groups is 1. The first-order chi connectivity index (χ1) is 7.52. The number of phenolic OH excluding ortho intramolecular Hbond substituents is 2. The van der Waals surface area contributed by atoms with Gasteiger partial charge in [0.1, 0.15) is 17.1 Å². The summed E-state index contributed by atoms with van der Waals surface area (Å²) in [7, 11) is 1.16. The van der Waals surface area contributed by atoms with Crippen LogP contribution in [0.5, 0.6) is 11.5 Å². The highest BCUT2D eigenvalue weighted by Gasteiger charge is 2.21. The van der Waals surface area contributed by atoms with Crippen molar-refractivity contribution in [2.45, 2.75) is 6.42 Å². The van der Waals surface area contributed by atoms with E-state index < -0.39 is 11.7 Å². The Morgan fingerprint density at radius 1 is 1.62 bits per heavy atom. The Bertz CT molecular complexity index is 440. The molecule has 0 amide bonds. The number of allylic oxidation sites excluding steroid dienone is 1. The molecule has 1 aromatic carbocycles. The number of nitrogens with two attached hydrogens (primary N) is 1. The molecule has 0 bridgehead atoms. The van der Waals surface area contributed by atoms with E-state index in [1.54, 1.807) is 0 Å². The van der Waals surface area contributed by atoms with Crippen LogP contribution in [0.4, 0.5) is 5.69 Å². The number of methoxy groups -OCH3 is 1. The predicted molar refractivity (Wildman–Crippen MR) is 59.4 cm³/mol. The van der Waals surface area contributed by atoms with E-state index in [4.69, 9.17) is 5.73 Å². The van der Waals surface area contributed by atoms with Gasteiger partial charge in [0.2, 0.25) is 0 Å². The van der Waals surface area contributed by atoms with Crippen LogP contribution in [0.25, 0.3) is 0 Å². The average Bonchev–Trinajstić information content (AvgIpc) is 2.23. The molecule has 0 heterocycles. The van der Waals surface area contributed by atoms with Gasteiger partial charge in [0.15, 0.2) is 0 Å². The summed E-state index contributed by atoms with van der Waals surface area (Å²) >= 11 is 0. The molecule has 1 aromatic rings. The molecule has 0 fully saturated rings. The van der Waals surface area contributed by atoms with Crippen LogP contribution in [-0.2, 0) is 11.2 Å². The normalized spacial score (nSPS) is 9.81. The summed E-state index contributed by atoms with van der Waals surface area (Å²) in [5.41, 5.74) is 5.85. The fourth-order valence-electron chi connectivity index (χ4n) is 1.38. The minimum atomic E-state index is -0.819. The van der Waals surface area contributed by atoms with Crippen molar-refractivity contribution in [2.24, 2.45) is 0 Å². The van der Waals surface area contributed by atoms with E-state index in [0.29, 0.717) is 12.0 Å². The summed E-state index contributed by atoms with van der Waals surface area (Å²) in [5, 5.41) is 19.3. The van der Waals surface area contributed by atoms with Gasteiger partial charge in [-0.3, -0.25) is 0 Å². The fraction of sp³-hybridized carbons (Fsp3) is 0.182. The van der Waals surface area contributed by atoms with Crippen molar-refractivity contribution in [1.29, 1.82) is 0 Å².